The number of benzene rings is 1. The molecule has 3 aromatic heterocycles. The van der Waals surface area contributed by atoms with Gasteiger partial charge in [0.15, 0.2) is 11.6 Å². The number of hydrogen-bond acceptors (Lipinski definition) is 10. The largest absolute Gasteiger partial charge is 0.494 e. The predicted octanol–water partition coefficient (Wildman–Crippen LogP) is 4.01. The molecule has 4 rings (SSSR count). The van der Waals surface area contributed by atoms with E-state index in [-0.39, 0.29) is 11.4 Å². The summed E-state index contributed by atoms with van der Waals surface area (Å²) in [4.78, 5) is 8.95. The van der Waals surface area contributed by atoms with Crippen LogP contribution in [-0.4, -0.2) is 60.6 Å². The highest BCUT2D eigenvalue weighted by Gasteiger charge is 2.27. The normalized spacial score (nSPS) is 12.8. The first-order chi connectivity index (χ1) is 17.5. The van der Waals surface area contributed by atoms with Crippen molar-refractivity contribution in [3.63, 3.8) is 0 Å². The molecule has 0 spiro atoms. The number of para-hydroxylation sites is 1. The molecule has 0 bridgehead atoms. The number of aryl methyl sites for hydroxylation is 2. The van der Waals surface area contributed by atoms with Gasteiger partial charge in [0.1, 0.15) is 29.0 Å². The van der Waals surface area contributed by atoms with Gasteiger partial charge in [-0.05, 0) is 56.5 Å². The maximum atomic E-state index is 6.00. The van der Waals surface area contributed by atoms with Crippen LogP contribution in [0.5, 0.6) is 11.5 Å². The third-order valence-electron chi connectivity index (χ3n) is 5.40. The number of ether oxygens (including phenoxy) is 3. The van der Waals surface area contributed by atoms with Crippen LogP contribution in [0.3, 0.4) is 0 Å². The van der Waals surface area contributed by atoms with Crippen LogP contribution in [0.15, 0.2) is 42.9 Å². The number of aromatic nitrogens is 7. The van der Waals surface area contributed by atoms with Crippen LogP contribution in [0, 0.1) is 6.92 Å². The number of nitrogens with zero attached hydrogens (tertiary/aromatic N) is 7. The van der Waals surface area contributed by atoms with Crippen LogP contribution in [-0.2, 0) is 11.8 Å². The van der Waals surface area contributed by atoms with E-state index in [9.17, 15) is 0 Å². The lowest BCUT2D eigenvalue weighted by Crippen LogP contribution is -2.20. The highest BCUT2D eigenvalue weighted by atomic mass is 32.2. The molecule has 12 heteroatoms. The number of hydrogen-bond donors (Lipinski definition) is 1. The van der Waals surface area contributed by atoms with Crippen molar-refractivity contribution in [3.8, 4) is 28.7 Å². The van der Waals surface area contributed by atoms with Crippen LogP contribution in [0.2, 0.25) is 0 Å². The summed E-state index contributed by atoms with van der Waals surface area (Å²) in [6.45, 7) is 6.49. The molecular formula is C24H30N8O3S. The van der Waals surface area contributed by atoms with Gasteiger partial charge in [0.05, 0.1) is 19.5 Å². The Balaban J connectivity index is 1.71. The highest BCUT2D eigenvalue weighted by molar-refractivity contribution is 8.01. The van der Waals surface area contributed by atoms with Gasteiger partial charge in [-0.2, -0.15) is 5.10 Å². The average molecular weight is 511 g/mol. The lowest BCUT2D eigenvalue weighted by atomic mass is 10.2. The minimum absolute atomic E-state index is 0.0596. The fourth-order valence-electron chi connectivity index (χ4n) is 3.67. The molecule has 0 aliphatic carbocycles. The molecule has 3 heterocycles. The first kappa shape index (κ1) is 25.5. The molecule has 0 saturated heterocycles. The molecule has 4 aromatic rings. The van der Waals surface area contributed by atoms with Crippen molar-refractivity contribution >= 4 is 17.9 Å². The second-order valence-corrected chi connectivity index (χ2v) is 9.17. The highest BCUT2D eigenvalue weighted by Crippen LogP contribution is 2.38. The molecule has 0 fully saturated rings. The van der Waals surface area contributed by atoms with Gasteiger partial charge in [-0.1, -0.05) is 6.07 Å². The Morgan fingerprint density at radius 3 is 2.33 bits per heavy atom. The van der Waals surface area contributed by atoms with Crippen LogP contribution < -0.4 is 14.2 Å². The van der Waals surface area contributed by atoms with Crippen LogP contribution in [0.4, 0.5) is 5.95 Å². The third kappa shape index (κ3) is 5.29. The van der Waals surface area contributed by atoms with E-state index in [1.54, 1.807) is 31.3 Å². The van der Waals surface area contributed by atoms with E-state index in [0.29, 0.717) is 47.1 Å². The molecular weight excluding hydrogens is 480 g/mol. The Bertz CT molecular complexity index is 1270. The molecule has 2 atom stereocenters. The van der Waals surface area contributed by atoms with Crippen molar-refractivity contribution in [2.24, 2.45) is 7.05 Å². The van der Waals surface area contributed by atoms with Crippen LogP contribution in [0.1, 0.15) is 31.3 Å². The van der Waals surface area contributed by atoms with E-state index < -0.39 is 0 Å². The van der Waals surface area contributed by atoms with Crippen molar-refractivity contribution < 1.29 is 14.2 Å². The van der Waals surface area contributed by atoms with Crippen LogP contribution >= 0.6 is 11.9 Å². The maximum absolute atomic E-state index is 6.00. The minimum atomic E-state index is -0.319. The van der Waals surface area contributed by atoms with Gasteiger partial charge in [-0.3, -0.25) is 14.0 Å². The molecule has 11 nitrogen and oxygen atoms in total. The SMILES string of the molecule is CCOC(c1ncc(C)cn1)C(C)SNc1nnc(-c2ccn(C)n2)n1-c1c(OC)cccc1OC. The van der Waals surface area contributed by atoms with Crippen LogP contribution in [0.25, 0.3) is 17.2 Å². The molecule has 0 amide bonds. The predicted molar refractivity (Wildman–Crippen MR) is 138 cm³/mol. The molecule has 2 unspecified atom stereocenters. The van der Waals surface area contributed by atoms with E-state index in [1.807, 2.05) is 62.8 Å². The van der Waals surface area contributed by atoms with Crippen molar-refractivity contribution in [3.05, 3.63) is 54.2 Å². The van der Waals surface area contributed by atoms with Gasteiger partial charge in [0.25, 0.3) is 0 Å². The topological polar surface area (TPSA) is 114 Å². The Kier molecular flexibility index (Phi) is 8.06. The Morgan fingerprint density at radius 2 is 1.75 bits per heavy atom. The third-order valence-corrected chi connectivity index (χ3v) is 6.31. The van der Waals surface area contributed by atoms with Crippen molar-refractivity contribution in [2.45, 2.75) is 32.1 Å². The monoisotopic (exact) mass is 510 g/mol. The summed E-state index contributed by atoms with van der Waals surface area (Å²) in [7, 11) is 5.08. The zero-order valence-electron chi connectivity index (χ0n) is 21.2. The molecule has 1 aromatic carbocycles. The molecule has 0 radical (unpaired) electrons. The smallest absolute Gasteiger partial charge is 0.239 e. The molecule has 0 saturated carbocycles. The summed E-state index contributed by atoms with van der Waals surface area (Å²) in [6.07, 6.45) is 5.12. The number of anilines is 1. The molecule has 1 N–H and O–H groups in total. The first-order valence-electron chi connectivity index (χ1n) is 11.4. The van der Waals surface area contributed by atoms with Crippen molar-refractivity contribution in [2.75, 3.05) is 25.5 Å². The van der Waals surface area contributed by atoms with E-state index in [1.165, 1.54) is 11.9 Å². The molecule has 36 heavy (non-hydrogen) atoms. The molecule has 0 aliphatic rings. The maximum Gasteiger partial charge on any atom is 0.239 e. The zero-order chi connectivity index (χ0) is 25.7. The zero-order valence-corrected chi connectivity index (χ0v) is 22.0. The number of nitrogens with one attached hydrogen (secondary N) is 1. The summed E-state index contributed by atoms with van der Waals surface area (Å²) < 4.78 is 24.3. The van der Waals surface area contributed by atoms with Gasteiger partial charge in [0, 0.05) is 32.2 Å². The standard InChI is InChI=1S/C24H30N8O3S/c1-7-35-21(22-25-13-15(2)14-26-22)16(3)36-30-24-28-27-23(17-11-12-31(4)29-17)32(24)20-18(33-5)9-8-10-19(20)34-6/h8-14,16,21H,7H2,1-6H3,(H,28,30). The fourth-order valence-corrected chi connectivity index (χ4v) is 4.42. The van der Waals surface area contributed by atoms with E-state index in [0.717, 1.165) is 5.56 Å². The Hall–Kier alpha value is -3.64. The van der Waals surface area contributed by atoms with Gasteiger partial charge >= 0.3 is 0 Å². The van der Waals surface area contributed by atoms with Crippen molar-refractivity contribution in [1.82, 2.24) is 34.5 Å². The van der Waals surface area contributed by atoms with Gasteiger partial charge in [-0.25, -0.2) is 9.97 Å². The number of methoxy groups -OCH3 is 2. The van der Waals surface area contributed by atoms with Gasteiger partial charge in [-0.15, -0.1) is 10.2 Å². The van der Waals surface area contributed by atoms with Crippen molar-refractivity contribution in [1.29, 1.82) is 0 Å². The lowest BCUT2D eigenvalue weighted by Gasteiger charge is -2.23. The average Bonchev–Trinajstić information content (AvgIpc) is 3.51. The van der Waals surface area contributed by atoms with E-state index in [2.05, 4.69) is 30.0 Å². The van der Waals surface area contributed by atoms with E-state index >= 15 is 0 Å². The summed E-state index contributed by atoms with van der Waals surface area (Å²) >= 11 is 1.44. The Labute approximate surface area is 214 Å². The molecule has 0 aliphatic heterocycles. The summed E-state index contributed by atoms with van der Waals surface area (Å²) in [6, 6.07) is 7.46. The molecule has 190 valence electrons. The number of rotatable bonds is 11. The second-order valence-electron chi connectivity index (χ2n) is 7.99. The van der Waals surface area contributed by atoms with Gasteiger partial charge in [0.2, 0.25) is 5.95 Å². The first-order valence-corrected chi connectivity index (χ1v) is 12.3. The lowest BCUT2D eigenvalue weighted by molar-refractivity contribution is 0.0575. The summed E-state index contributed by atoms with van der Waals surface area (Å²) in [5.74, 6) is 2.86. The Morgan fingerprint density at radius 1 is 1.06 bits per heavy atom. The quantitative estimate of drug-likeness (QED) is 0.297. The fraction of sp³-hybridized carbons (Fsp3) is 0.375. The summed E-state index contributed by atoms with van der Waals surface area (Å²) in [5.41, 5.74) is 2.31. The summed E-state index contributed by atoms with van der Waals surface area (Å²) in [5, 5.41) is 13.4. The minimum Gasteiger partial charge on any atom is -0.494 e. The van der Waals surface area contributed by atoms with Gasteiger partial charge < -0.3 is 14.2 Å². The second kappa shape index (κ2) is 11.4. The van der Waals surface area contributed by atoms with E-state index in [4.69, 9.17) is 14.2 Å².